The molecule has 0 spiro atoms. The number of halogens is 1. The van der Waals surface area contributed by atoms with Crippen molar-refractivity contribution >= 4 is 17.5 Å². The fraction of sp³-hybridized carbons (Fsp3) is 0.562. The molecule has 0 radical (unpaired) electrons. The molecule has 2 N–H and O–H groups in total. The van der Waals surface area contributed by atoms with E-state index in [0.29, 0.717) is 23.2 Å². The van der Waals surface area contributed by atoms with Gasteiger partial charge in [0.1, 0.15) is 0 Å². The van der Waals surface area contributed by atoms with Crippen molar-refractivity contribution in [1.29, 1.82) is 0 Å². The second kappa shape index (κ2) is 8.37. The Hall–Kier alpha value is -1.10. The van der Waals surface area contributed by atoms with Gasteiger partial charge in [-0.3, -0.25) is 4.79 Å². The number of rotatable bonds is 6. The van der Waals surface area contributed by atoms with E-state index in [1.165, 1.54) is 25.9 Å². The van der Waals surface area contributed by atoms with E-state index >= 15 is 0 Å². The number of hydrogen-bond donors (Lipinski definition) is 2. The molecule has 0 aromatic heterocycles. The van der Waals surface area contributed by atoms with Crippen LogP contribution in [0.2, 0.25) is 5.02 Å². The summed E-state index contributed by atoms with van der Waals surface area (Å²) in [4.78, 5) is 14.4. The molecule has 2 rings (SSSR count). The maximum absolute atomic E-state index is 12.0. The van der Waals surface area contributed by atoms with Crippen LogP contribution < -0.4 is 10.6 Å². The number of nitrogens with zero attached hydrogens (tertiary/aromatic N) is 1. The van der Waals surface area contributed by atoms with Crippen LogP contribution in [0.25, 0.3) is 0 Å². The predicted octanol–water partition coefficient (Wildman–Crippen LogP) is 2.14. The van der Waals surface area contributed by atoms with E-state index in [-0.39, 0.29) is 5.91 Å². The first kappa shape index (κ1) is 16.3. The number of piperidine rings is 1. The molecule has 1 saturated heterocycles. The van der Waals surface area contributed by atoms with Crippen LogP contribution in [-0.4, -0.2) is 49.6 Å². The highest BCUT2D eigenvalue weighted by molar-refractivity contribution is 6.33. The molecular weight excluding hydrogens is 286 g/mol. The van der Waals surface area contributed by atoms with Crippen LogP contribution in [0.5, 0.6) is 0 Å². The van der Waals surface area contributed by atoms with E-state index in [1.807, 2.05) is 12.1 Å². The number of amides is 1. The second-order valence-electron chi connectivity index (χ2n) is 5.40. The summed E-state index contributed by atoms with van der Waals surface area (Å²) in [6, 6.07) is 7.69. The molecule has 1 fully saturated rings. The van der Waals surface area contributed by atoms with Crippen molar-refractivity contribution in [3.05, 3.63) is 34.9 Å². The van der Waals surface area contributed by atoms with E-state index in [1.54, 1.807) is 12.1 Å². The summed E-state index contributed by atoms with van der Waals surface area (Å²) >= 11 is 6.00. The van der Waals surface area contributed by atoms with Gasteiger partial charge in [0, 0.05) is 19.1 Å². The Morgan fingerprint density at radius 2 is 2.00 bits per heavy atom. The third-order valence-electron chi connectivity index (χ3n) is 4.00. The molecule has 0 atom stereocenters. The van der Waals surface area contributed by atoms with E-state index in [4.69, 9.17) is 11.6 Å². The molecule has 0 aliphatic carbocycles. The first-order chi connectivity index (χ1) is 10.2. The first-order valence-electron chi connectivity index (χ1n) is 7.69. The zero-order valence-corrected chi connectivity index (χ0v) is 13.3. The fourth-order valence-electron chi connectivity index (χ4n) is 2.65. The van der Waals surface area contributed by atoms with Gasteiger partial charge in [-0.1, -0.05) is 30.7 Å². The maximum Gasteiger partial charge on any atom is 0.252 e. The lowest BCUT2D eigenvalue weighted by molar-refractivity contribution is 0.0953. The van der Waals surface area contributed by atoms with Crippen LogP contribution in [0.1, 0.15) is 30.1 Å². The van der Waals surface area contributed by atoms with Crippen LogP contribution in [-0.2, 0) is 0 Å². The molecule has 4 nitrogen and oxygen atoms in total. The zero-order valence-electron chi connectivity index (χ0n) is 12.6. The molecule has 5 heteroatoms. The number of carbonyl (C=O) groups is 1. The van der Waals surface area contributed by atoms with E-state index in [2.05, 4.69) is 22.5 Å². The number of nitrogens with one attached hydrogen (secondary N) is 2. The molecule has 0 saturated carbocycles. The van der Waals surface area contributed by atoms with Crippen LogP contribution in [0.4, 0.5) is 0 Å². The van der Waals surface area contributed by atoms with Gasteiger partial charge in [0.25, 0.3) is 5.91 Å². The molecule has 1 heterocycles. The topological polar surface area (TPSA) is 44.4 Å². The van der Waals surface area contributed by atoms with Gasteiger partial charge in [0.15, 0.2) is 0 Å². The lowest BCUT2D eigenvalue weighted by Gasteiger charge is -2.31. The van der Waals surface area contributed by atoms with Crippen molar-refractivity contribution in [1.82, 2.24) is 15.5 Å². The van der Waals surface area contributed by atoms with E-state index < -0.39 is 0 Å². The monoisotopic (exact) mass is 309 g/mol. The van der Waals surface area contributed by atoms with Gasteiger partial charge in [-0.25, -0.2) is 0 Å². The smallest absolute Gasteiger partial charge is 0.252 e. The van der Waals surface area contributed by atoms with Crippen molar-refractivity contribution in [2.75, 3.05) is 32.7 Å². The van der Waals surface area contributed by atoms with Crippen molar-refractivity contribution in [2.45, 2.75) is 25.8 Å². The minimum Gasteiger partial charge on any atom is -0.351 e. The SMILES string of the molecule is CCN1CCC(NCCNC(=O)c2ccccc2Cl)CC1. The molecular formula is C16H24ClN3O. The van der Waals surface area contributed by atoms with E-state index in [0.717, 1.165) is 13.1 Å². The van der Waals surface area contributed by atoms with E-state index in [9.17, 15) is 4.79 Å². The molecule has 0 unspecified atom stereocenters. The highest BCUT2D eigenvalue weighted by atomic mass is 35.5. The van der Waals surface area contributed by atoms with Crippen LogP contribution >= 0.6 is 11.6 Å². The normalized spacial score (nSPS) is 16.9. The molecule has 1 amide bonds. The Kier molecular flexibility index (Phi) is 6.49. The summed E-state index contributed by atoms with van der Waals surface area (Å²) in [5, 5.41) is 6.91. The lowest BCUT2D eigenvalue weighted by Crippen LogP contribution is -2.44. The fourth-order valence-corrected chi connectivity index (χ4v) is 2.87. The second-order valence-corrected chi connectivity index (χ2v) is 5.81. The molecule has 116 valence electrons. The van der Waals surface area contributed by atoms with Crippen LogP contribution in [0, 0.1) is 0 Å². The van der Waals surface area contributed by atoms with Crippen molar-refractivity contribution in [3.8, 4) is 0 Å². The summed E-state index contributed by atoms with van der Waals surface area (Å²) < 4.78 is 0. The number of likely N-dealkylation sites (tertiary alicyclic amines) is 1. The highest BCUT2D eigenvalue weighted by Gasteiger charge is 2.17. The number of benzene rings is 1. The Labute approximate surface area is 131 Å². The average Bonchev–Trinajstić information content (AvgIpc) is 2.52. The van der Waals surface area contributed by atoms with Gasteiger partial charge in [-0.05, 0) is 44.6 Å². The van der Waals surface area contributed by atoms with Crippen molar-refractivity contribution in [3.63, 3.8) is 0 Å². The van der Waals surface area contributed by atoms with Gasteiger partial charge in [-0.2, -0.15) is 0 Å². The Balaban J connectivity index is 1.64. The van der Waals surface area contributed by atoms with Crippen LogP contribution in [0.3, 0.4) is 0 Å². The summed E-state index contributed by atoms with van der Waals surface area (Å²) in [6.07, 6.45) is 2.37. The molecule has 1 aliphatic rings. The van der Waals surface area contributed by atoms with Gasteiger partial charge in [0.05, 0.1) is 10.6 Å². The Bertz CT molecular complexity index is 459. The van der Waals surface area contributed by atoms with Gasteiger partial charge < -0.3 is 15.5 Å². The minimum absolute atomic E-state index is 0.108. The van der Waals surface area contributed by atoms with Crippen molar-refractivity contribution < 1.29 is 4.79 Å². The third-order valence-corrected chi connectivity index (χ3v) is 4.33. The largest absolute Gasteiger partial charge is 0.351 e. The lowest BCUT2D eigenvalue weighted by atomic mass is 10.1. The molecule has 1 aromatic carbocycles. The quantitative estimate of drug-likeness (QED) is 0.791. The summed E-state index contributed by atoms with van der Waals surface area (Å²) in [7, 11) is 0. The summed E-state index contributed by atoms with van der Waals surface area (Å²) in [5.74, 6) is -0.108. The Morgan fingerprint density at radius 1 is 1.29 bits per heavy atom. The summed E-state index contributed by atoms with van der Waals surface area (Å²) in [6.45, 7) is 7.10. The Morgan fingerprint density at radius 3 is 2.67 bits per heavy atom. The number of hydrogen-bond acceptors (Lipinski definition) is 3. The van der Waals surface area contributed by atoms with Crippen molar-refractivity contribution in [2.24, 2.45) is 0 Å². The first-order valence-corrected chi connectivity index (χ1v) is 8.07. The van der Waals surface area contributed by atoms with Gasteiger partial charge >= 0.3 is 0 Å². The molecule has 21 heavy (non-hydrogen) atoms. The predicted molar refractivity (Wildman–Crippen MR) is 86.9 cm³/mol. The highest BCUT2D eigenvalue weighted by Crippen LogP contribution is 2.14. The zero-order chi connectivity index (χ0) is 15.1. The van der Waals surface area contributed by atoms with Gasteiger partial charge in [0.2, 0.25) is 0 Å². The van der Waals surface area contributed by atoms with Crippen LogP contribution in [0.15, 0.2) is 24.3 Å². The van der Waals surface area contributed by atoms with Gasteiger partial charge in [-0.15, -0.1) is 0 Å². The third kappa shape index (κ3) is 4.99. The number of carbonyl (C=O) groups excluding carboxylic acids is 1. The standard InChI is InChI=1S/C16H24ClN3O/c1-2-20-11-7-13(8-12-20)18-9-10-19-16(21)14-5-3-4-6-15(14)17/h3-6,13,18H,2,7-12H2,1H3,(H,19,21). The minimum atomic E-state index is -0.108. The maximum atomic E-state index is 12.0. The molecule has 0 bridgehead atoms. The summed E-state index contributed by atoms with van der Waals surface area (Å²) in [5.41, 5.74) is 0.537. The average molecular weight is 310 g/mol. The molecule has 1 aromatic rings. The molecule has 1 aliphatic heterocycles.